The minimum Gasteiger partial charge on any atom is -0.490 e. The molecule has 1 aromatic carbocycles. The predicted molar refractivity (Wildman–Crippen MR) is 85.6 cm³/mol. The Morgan fingerprint density at radius 2 is 1.91 bits per heavy atom. The zero-order valence-corrected chi connectivity index (χ0v) is 13.1. The van der Waals surface area contributed by atoms with Gasteiger partial charge in [0.2, 0.25) is 0 Å². The van der Waals surface area contributed by atoms with Crippen LogP contribution in [0.5, 0.6) is 11.5 Å². The first-order valence-corrected chi connectivity index (χ1v) is 7.62. The summed E-state index contributed by atoms with van der Waals surface area (Å²) < 4.78 is 13.0. The Balaban J connectivity index is 2.05. The summed E-state index contributed by atoms with van der Waals surface area (Å²) in [5.74, 6) is 1.52. The summed E-state index contributed by atoms with van der Waals surface area (Å²) in [6.45, 7) is 5.44. The third-order valence-corrected chi connectivity index (χ3v) is 3.02. The lowest BCUT2D eigenvalue weighted by atomic mass is 10.2. The molecular weight excluding hydrogens is 280 g/mol. The van der Waals surface area contributed by atoms with Gasteiger partial charge in [-0.3, -0.25) is 0 Å². The zero-order chi connectivity index (χ0) is 15.6. The average Bonchev–Trinajstić information content (AvgIpc) is 3.05. The Morgan fingerprint density at radius 3 is 2.64 bits per heavy atom. The number of aromatic nitrogens is 3. The van der Waals surface area contributed by atoms with Crippen LogP contribution in [0.1, 0.15) is 38.7 Å². The van der Waals surface area contributed by atoms with Crippen LogP contribution in [0, 0.1) is 0 Å². The molecule has 22 heavy (non-hydrogen) atoms. The summed E-state index contributed by atoms with van der Waals surface area (Å²) >= 11 is 0. The lowest BCUT2D eigenvalue weighted by Crippen LogP contribution is -2.01. The molecule has 0 amide bonds. The number of rotatable bonds is 9. The van der Waals surface area contributed by atoms with Crippen LogP contribution in [0.25, 0.3) is 0 Å². The highest BCUT2D eigenvalue weighted by Crippen LogP contribution is 2.28. The molecule has 0 bridgehead atoms. The molecule has 0 radical (unpaired) electrons. The molecule has 0 atom stereocenters. The van der Waals surface area contributed by atoms with Crippen LogP contribution in [0.4, 0.5) is 0 Å². The van der Waals surface area contributed by atoms with Crippen molar-refractivity contribution in [3.05, 3.63) is 36.4 Å². The van der Waals surface area contributed by atoms with Gasteiger partial charge in [0.15, 0.2) is 11.5 Å². The van der Waals surface area contributed by atoms with Crippen LogP contribution in [0.3, 0.4) is 0 Å². The van der Waals surface area contributed by atoms with Crippen LogP contribution in [-0.4, -0.2) is 34.3 Å². The van der Waals surface area contributed by atoms with Gasteiger partial charge in [0.1, 0.15) is 12.7 Å². The lowest BCUT2D eigenvalue weighted by molar-refractivity contribution is 0.271. The van der Waals surface area contributed by atoms with Crippen molar-refractivity contribution < 1.29 is 9.47 Å². The van der Waals surface area contributed by atoms with Crippen molar-refractivity contribution in [1.29, 1.82) is 0 Å². The Labute approximate surface area is 130 Å². The van der Waals surface area contributed by atoms with Crippen molar-refractivity contribution in [2.45, 2.75) is 33.1 Å². The van der Waals surface area contributed by atoms with Crippen LogP contribution >= 0.6 is 0 Å². The number of nitrogens with zero attached hydrogens (tertiary/aromatic N) is 4. The quantitative estimate of drug-likeness (QED) is 0.527. The van der Waals surface area contributed by atoms with Crippen molar-refractivity contribution in [3.8, 4) is 11.5 Å². The fourth-order valence-electron chi connectivity index (χ4n) is 1.91. The predicted octanol–water partition coefficient (Wildman–Crippen LogP) is 3.13. The number of benzene rings is 1. The normalized spacial score (nSPS) is 11.0. The van der Waals surface area contributed by atoms with E-state index >= 15 is 0 Å². The summed E-state index contributed by atoms with van der Waals surface area (Å²) in [4.78, 5) is 0. The number of ether oxygens (including phenoxy) is 2. The van der Waals surface area contributed by atoms with E-state index in [0.717, 1.165) is 23.5 Å². The monoisotopic (exact) mass is 302 g/mol. The summed E-state index contributed by atoms with van der Waals surface area (Å²) in [5.41, 5.74) is 0.929. The molecule has 0 saturated heterocycles. The topological polar surface area (TPSA) is 61.5 Å². The molecule has 0 fully saturated rings. The van der Waals surface area contributed by atoms with E-state index in [9.17, 15) is 0 Å². The van der Waals surface area contributed by atoms with Gasteiger partial charge < -0.3 is 9.47 Å². The van der Waals surface area contributed by atoms with Gasteiger partial charge in [-0.2, -0.15) is 5.10 Å². The average molecular weight is 302 g/mol. The molecule has 6 heteroatoms. The number of hydrogen-bond donors (Lipinski definition) is 0. The zero-order valence-electron chi connectivity index (χ0n) is 13.1. The second kappa shape index (κ2) is 8.81. The fourth-order valence-corrected chi connectivity index (χ4v) is 1.91. The Hall–Kier alpha value is -2.37. The summed E-state index contributed by atoms with van der Waals surface area (Å²) in [7, 11) is 0. The third-order valence-electron chi connectivity index (χ3n) is 3.02. The minimum atomic E-state index is 0.595. The number of unbranched alkanes of at least 4 members (excludes halogenated alkanes) is 2. The van der Waals surface area contributed by atoms with Gasteiger partial charge in [0.05, 0.1) is 19.4 Å². The maximum absolute atomic E-state index is 5.80. The Bertz CT molecular complexity index is 582. The van der Waals surface area contributed by atoms with E-state index in [2.05, 4.69) is 22.2 Å². The first-order valence-electron chi connectivity index (χ1n) is 7.62. The molecular formula is C16H22N4O2. The molecule has 0 aliphatic heterocycles. The molecule has 1 heterocycles. The van der Waals surface area contributed by atoms with E-state index in [1.54, 1.807) is 6.21 Å². The van der Waals surface area contributed by atoms with Gasteiger partial charge in [-0.05, 0) is 37.1 Å². The highest BCUT2D eigenvalue weighted by Gasteiger charge is 2.05. The molecule has 0 N–H and O–H groups in total. The Kier molecular flexibility index (Phi) is 6.41. The van der Waals surface area contributed by atoms with Crippen LogP contribution < -0.4 is 9.47 Å². The van der Waals surface area contributed by atoms with Crippen molar-refractivity contribution >= 4 is 6.21 Å². The van der Waals surface area contributed by atoms with Crippen LogP contribution in [0.15, 0.2) is 36.0 Å². The second-order valence-electron chi connectivity index (χ2n) is 4.78. The molecule has 6 nitrogen and oxygen atoms in total. The largest absolute Gasteiger partial charge is 0.490 e. The first-order chi connectivity index (χ1) is 10.8. The number of hydrogen-bond acceptors (Lipinski definition) is 5. The molecule has 2 rings (SSSR count). The van der Waals surface area contributed by atoms with E-state index < -0.39 is 0 Å². The molecule has 0 unspecified atom stereocenters. The molecule has 1 aromatic heterocycles. The van der Waals surface area contributed by atoms with Gasteiger partial charge in [-0.1, -0.05) is 19.8 Å². The molecule has 2 aromatic rings. The van der Waals surface area contributed by atoms with E-state index in [-0.39, 0.29) is 0 Å². The van der Waals surface area contributed by atoms with Crippen molar-refractivity contribution in [1.82, 2.24) is 14.9 Å². The van der Waals surface area contributed by atoms with Crippen LogP contribution in [-0.2, 0) is 0 Å². The SMILES string of the molecule is CCCCCOc1ccc(/C=N\n2cnnc2)cc1OCC. The smallest absolute Gasteiger partial charge is 0.161 e. The summed E-state index contributed by atoms with van der Waals surface area (Å²) in [6.07, 6.45) is 8.20. The third kappa shape index (κ3) is 4.87. The van der Waals surface area contributed by atoms with Crippen molar-refractivity contribution in [2.24, 2.45) is 5.10 Å². The van der Waals surface area contributed by atoms with Crippen molar-refractivity contribution in [3.63, 3.8) is 0 Å². The van der Waals surface area contributed by atoms with Gasteiger partial charge in [-0.25, -0.2) is 4.68 Å². The van der Waals surface area contributed by atoms with E-state index in [1.807, 2.05) is 25.1 Å². The second-order valence-corrected chi connectivity index (χ2v) is 4.78. The molecule has 0 aliphatic carbocycles. The summed E-state index contributed by atoms with van der Waals surface area (Å²) in [6, 6.07) is 5.79. The van der Waals surface area contributed by atoms with Gasteiger partial charge >= 0.3 is 0 Å². The van der Waals surface area contributed by atoms with Gasteiger partial charge in [0.25, 0.3) is 0 Å². The van der Waals surface area contributed by atoms with E-state index in [1.165, 1.54) is 30.2 Å². The standard InChI is InChI=1S/C16H22N4O2/c1-3-5-6-9-22-15-8-7-14(10-16(15)21-4-2)11-19-20-12-17-18-13-20/h7-8,10-13H,3-6,9H2,1-2H3/b19-11-. The fraction of sp³-hybridized carbons (Fsp3) is 0.438. The molecule has 118 valence electrons. The molecule has 0 saturated carbocycles. The van der Waals surface area contributed by atoms with Crippen LogP contribution in [0.2, 0.25) is 0 Å². The van der Waals surface area contributed by atoms with E-state index in [4.69, 9.17) is 9.47 Å². The van der Waals surface area contributed by atoms with Gasteiger partial charge in [-0.15, -0.1) is 10.2 Å². The highest BCUT2D eigenvalue weighted by molar-refractivity contribution is 5.80. The van der Waals surface area contributed by atoms with Gasteiger partial charge in [0, 0.05) is 0 Å². The summed E-state index contributed by atoms with van der Waals surface area (Å²) in [5, 5.41) is 11.6. The first kappa shape index (κ1) is 16.0. The maximum Gasteiger partial charge on any atom is 0.161 e. The van der Waals surface area contributed by atoms with E-state index in [0.29, 0.717) is 13.2 Å². The molecule has 0 aliphatic rings. The highest BCUT2D eigenvalue weighted by atomic mass is 16.5. The minimum absolute atomic E-state index is 0.595. The van der Waals surface area contributed by atoms with Crippen molar-refractivity contribution in [2.75, 3.05) is 13.2 Å². The lowest BCUT2D eigenvalue weighted by Gasteiger charge is -2.12. The Morgan fingerprint density at radius 1 is 1.09 bits per heavy atom. The maximum atomic E-state index is 5.80. The molecule has 0 spiro atoms.